The lowest BCUT2D eigenvalue weighted by molar-refractivity contribution is -0.385. The number of phenolic OH excluding ortho intramolecular Hbond substituents is 1. The Balaban J connectivity index is 0.00000841. The number of hydrogen-bond acceptors (Lipinski definition) is 10. The zero-order valence-electron chi connectivity index (χ0n) is 31.7. The summed E-state index contributed by atoms with van der Waals surface area (Å²) < 4.78 is 11.3. The first-order valence-electron chi connectivity index (χ1n) is 18.7. The fraction of sp³-hybridized carbons (Fsp3) is 0.450. The van der Waals surface area contributed by atoms with E-state index in [-0.39, 0.29) is 54.5 Å². The Bertz CT molecular complexity index is 1810. The predicted molar refractivity (Wildman–Crippen MR) is 211 cm³/mol. The molecule has 0 unspecified atom stereocenters. The molecule has 0 saturated heterocycles. The third kappa shape index (κ3) is 12.8. The number of halogens is 1. The number of hydrogen-bond donors (Lipinski definition) is 6. The maximum atomic E-state index is 14.2. The third-order valence-electron chi connectivity index (χ3n) is 9.49. The standard InChI is InChI=1S/C40H51N5O10.ClH/c1-3-4-5-6-7-8-9-10-14-17-34(47)43-36(40(50)51)35-27-23-31(46)37(54-2)33(24-27)55-32-19-18-26(22-30(32)45(52)53)20-28(41)38(48)42-29(39(49)44-35)21-25-15-12-11-13-16-25;/h11-13,15-16,18-19,22-24,28-29,35-36,46H,3-10,14,17,20-21,41H2,1-2H3,(H,42,48)(H,43,47)(H,44,49)(H,50,51);1H/t28-,29+,35-,36+;/m1./s1. The normalized spacial score (nSPS) is 17.4. The number of phenols is 1. The molecule has 3 amide bonds. The van der Waals surface area contributed by atoms with Gasteiger partial charge in [0.25, 0.3) is 0 Å². The summed E-state index contributed by atoms with van der Waals surface area (Å²) in [5, 5.41) is 41.7. The van der Waals surface area contributed by atoms with E-state index in [9.17, 15) is 39.5 Å². The lowest BCUT2D eigenvalue weighted by atomic mass is 9.96. The molecule has 0 fully saturated rings. The number of fused-ring (bicyclic) bond motifs is 9. The number of nitrogens with one attached hydrogen (secondary N) is 3. The number of unbranched alkanes of at least 4 members (excludes halogenated alkanes) is 8. The van der Waals surface area contributed by atoms with E-state index < -0.39 is 64.2 Å². The van der Waals surface area contributed by atoms with Crippen molar-refractivity contribution in [1.29, 1.82) is 0 Å². The molecule has 0 spiro atoms. The van der Waals surface area contributed by atoms with E-state index in [1.807, 2.05) is 0 Å². The number of nitro groups is 1. The molecule has 7 N–H and O–H groups in total. The number of nitro benzene ring substituents is 1. The van der Waals surface area contributed by atoms with E-state index in [1.54, 1.807) is 30.3 Å². The highest BCUT2D eigenvalue weighted by molar-refractivity contribution is 5.91. The monoisotopic (exact) mass is 797 g/mol. The van der Waals surface area contributed by atoms with Crippen molar-refractivity contribution < 1.29 is 43.8 Å². The van der Waals surface area contributed by atoms with Crippen molar-refractivity contribution in [2.24, 2.45) is 5.73 Å². The number of amides is 3. The summed E-state index contributed by atoms with van der Waals surface area (Å²) in [5.41, 5.74) is 6.71. The van der Waals surface area contributed by atoms with Crippen molar-refractivity contribution >= 4 is 41.8 Å². The summed E-state index contributed by atoms with van der Waals surface area (Å²) in [6.07, 6.45) is 9.02. The van der Waals surface area contributed by atoms with Gasteiger partial charge in [-0.3, -0.25) is 24.5 Å². The fourth-order valence-electron chi connectivity index (χ4n) is 6.53. The SMILES string of the molecule is CCCCCCCCCCCC(=O)N[C@H](C(=O)O)[C@@H]1NC(=O)[C@H](Cc2ccccc2)NC(=O)[C@H](N)Cc2ccc(c([N+](=O)[O-])c2)Oc2cc1cc(O)c2OC.Cl. The molecular formula is C40H52ClN5O10. The van der Waals surface area contributed by atoms with Gasteiger partial charge in [-0.25, -0.2) is 4.79 Å². The number of carboxylic acid groups (broad SMARTS) is 1. The third-order valence-corrected chi connectivity index (χ3v) is 9.49. The summed E-state index contributed by atoms with van der Waals surface area (Å²) >= 11 is 0. The molecule has 56 heavy (non-hydrogen) atoms. The molecule has 4 bridgehead atoms. The van der Waals surface area contributed by atoms with Crippen molar-refractivity contribution in [3.8, 4) is 23.0 Å². The number of methoxy groups -OCH3 is 1. The van der Waals surface area contributed by atoms with Crippen LogP contribution in [0.5, 0.6) is 23.0 Å². The molecule has 2 heterocycles. The van der Waals surface area contributed by atoms with Crippen molar-refractivity contribution in [2.75, 3.05) is 7.11 Å². The topological polar surface area (TPSA) is 232 Å². The van der Waals surface area contributed by atoms with Gasteiger partial charge in [-0.2, -0.15) is 0 Å². The highest BCUT2D eigenvalue weighted by atomic mass is 35.5. The highest BCUT2D eigenvalue weighted by Gasteiger charge is 2.36. The van der Waals surface area contributed by atoms with Crippen LogP contribution in [0.1, 0.15) is 93.9 Å². The Morgan fingerprint density at radius 3 is 2.25 bits per heavy atom. The van der Waals surface area contributed by atoms with Crippen LogP contribution >= 0.6 is 12.4 Å². The van der Waals surface area contributed by atoms with Crippen LogP contribution < -0.4 is 31.2 Å². The number of carbonyl (C=O) groups excluding carboxylic acids is 3. The minimum Gasteiger partial charge on any atom is -0.504 e. The van der Waals surface area contributed by atoms with E-state index in [0.717, 1.165) is 31.7 Å². The van der Waals surface area contributed by atoms with E-state index in [0.29, 0.717) is 17.5 Å². The lowest BCUT2D eigenvalue weighted by Gasteiger charge is -2.30. The first kappa shape index (κ1) is 45.0. The smallest absolute Gasteiger partial charge is 0.328 e. The molecule has 2 aliphatic rings. The Labute approximate surface area is 332 Å². The van der Waals surface area contributed by atoms with Crippen LogP contribution in [-0.4, -0.2) is 64.1 Å². The van der Waals surface area contributed by atoms with Crippen molar-refractivity contribution in [1.82, 2.24) is 16.0 Å². The summed E-state index contributed by atoms with van der Waals surface area (Å²) in [7, 11) is 1.23. The summed E-state index contributed by atoms with van der Waals surface area (Å²) in [5.74, 6) is -4.90. The number of aliphatic carboxylic acids is 1. The van der Waals surface area contributed by atoms with Crippen LogP contribution in [0.3, 0.4) is 0 Å². The van der Waals surface area contributed by atoms with Crippen LogP contribution in [0, 0.1) is 10.1 Å². The molecule has 0 saturated carbocycles. The van der Waals surface area contributed by atoms with Gasteiger partial charge in [-0.05, 0) is 47.7 Å². The zero-order chi connectivity index (χ0) is 39.9. The second-order valence-corrected chi connectivity index (χ2v) is 13.7. The Morgan fingerprint density at radius 1 is 0.964 bits per heavy atom. The molecule has 304 valence electrons. The second-order valence-electron chi connectivity index (χ2n) is 13.7. The van der Waals surface area contributed by atoms with Gasteiger partial charge >= 0.3 is 11.7 Å². The van der Waals surface area contributed by atoms with Gasteiger partial charge in [-0.1, -0.05) is 94.7 Å². The number of ether oxygens (including phenoxy) is 2. The second kappa shape index (κ2) is 22.2. The summed E-state index contributed by atoms with van der Waals surface area (Å²) in [4.78, 5) is 65.3. The molecule has 3 aromatic carbocycles. The Morgan fingerprint density at radius 2 is 1.62 bits per heavy atom. The van der Waals surface area contributed by atoms with E-state index >= 15 is 0 Å². The molecule has 16 heteroatoms. The van der Waals surface area contributed by atoms with Crippen LogP contribution in [0.4, 0.5) is 5.69 Å². The van der Waals surface area contributed by atoms with Gasteiger partial charge in [0.2, 0.25) is 29.2 Å². The predicted octanol–water partition coefficient (Wildman–Crippen LogP) is 5.78. The quantitative estimate of drug-likeness (QED) is 0.0544. The largest absolute Gasteiger partial charge is 0.504 e. The number of nitrogens with two attached hydrogens (primary N) is 1. The molecule has 0 radical (unpaired) electrons. The van der Waals surface area contributed by atoms with Gasteiger partial charge in [-0.15, -0.1) is 12.4 Å². The Hall–Kier alpha value is -5.41. The number of nitrogens with zero attached hydrogens (tertiary/aromatic N) is 1. The van der Waals surface area contributed by atoms with Gasteiger partial charge < -0.3 is 41.4 Å². The van der Waals surface area contributed by atoms with Crippen LogP contribution in [0.15, 0.2) is 60.7 Å². The Kier molecular flexibility index (Phi) is 17.8. The van der Waals surface area contributed by atoms with Gasteiger partial charge in [0.15, 0.2) is 17.5 Å². The highest BCUT2D eigenvalue weighted by Crippen LogP contribution is 2.44. The first-order chi connectivity index (χ1) is 26.4. The molecular weight excluding hydrogens is 746 g/mol. The van der Waals surface area contributed by atoms with E-state index in [1.165, 1.54) is 57.1 Å². The molecule has 0 aromatic heterocycles. The average molecular weight is 798 g/mol. The van der Waals surface area contributed by atoms with Crippen molar-refractivity contribution in [3.05, 3.63) is 87.5 Å². The molecule has 0 aliphatic carbocycles. The van der Waals surface area contributed by atoms with Crippen LogP contribution in [-0.2, 0) is 32.0 Å². The fourth-order valence-corrected chi connectivity index (χ4v) is 6.53. The number of benzene rings is 3. The molecule has 2 aliphatic heterocycles. The molecule has 15 nitrogen and oxygen atoms in total. The van der Waals surface area contributed by atoms with E-state index in [4.69, 9.17) is 15.2 Å². The maximum absolute atomic E-state index is 14.2. The van der Waals surface area contributed by atoms with Crippen molar-refractivity contribution in [3.63, 3.8) is 0 Å². The first-order valence-corrected chi connectivity index (χ1v) is 18.7. The maximum Gasteiger partial charge on any atom is 0.328 e. The molecule has 4 atom stereocenters. The van der Waals surface area contributed by atoms with E-state index in [2.05, 4.69) is 22.9 Å². The minimum atomic E-state index is -1.78. The molecule has 5 rings (SSSR count). The van der Waals surface area contributed by atoms with Gasteiger partial charge in [0.1, 0.15) is 6.04 Å². The number of carboxylic acids is 1. The number of aromatic hydroxyl groups is 1. The van der Waals surface area contributed by atoms with Gasteiger partial charge in [0.05, 0.1) is 24.1 Å². The summed E-state index contributed by atoms with van der Waals surface area (Å²) in [6, 6.07) is 9.29. The minimum absolute atomic E-state index is 0. The van der Waals surface area contributed by atoms with Gasteiger partial charge in [0, 0.05) is 18.9 Å². The number of rotatable bonds is 17. The zero-order valence-corrected chi connectivity index (χ0v) is 32.5. The summed E-state index contributed by atoms with van der Waals surface area (Å²) in [6.45, 7) is 2.16. The number of carbonyl (C=O) groups is 4. The average Bonchev–Trinajstić information content (AvgIpc) is 3.15. The lowest BCUT2D eigenvalue weighted by Crippen LogP contribution is -2.56. The van der Waals surface area contributed by atoms with Crippen LogP contribution in [0.2, 0.25) is 0 Å². The van der Waals surface area contributed by atoms with Crippen molar-refractivity contribution in [2.45, 2.75) is 108 Å². The molecule has 3 aromatic rings. The van der Waals surface area contributed by atoms with Crippen LogP contribution in [0.25, 0.3) is 0 Å².